The average Bonchev–Trinajstić information content (AvgIpc) is 3.08. The molecule has 0 bridgehead atoms. The summed E-state index contributed by atoms with van der Waals surface area (Å²) in [6, 6.07) is 0. The van der Waals surface area contributed by atoms with Crippen LogP contribution in [0.5, 0.6) is 0 Å². The minimum Gasteiger partial charge on any atom is -0.357 e. The molecular weight excluding hydrogens is 490 g/mol. The van der Waals surface area contributed by atoms with E-state index < -0.39 is 11.9 Å². The molecule has 1 unspecified atom stereocenters. The van der Waals surface area contributed by atoms with Crippen molar-refractivity contribution in [1.82, 2.24) is 20.5 Å². The summed E-state index contributed by atoms with van der Waals surface area (Å²) in [6.45, 7) is 9.14. The molecule has 10 heteroatoms. The van der Waals surface area contributed by atoms with Crippen LogP contribution in [0.25, 0.3) is 0 Å². The van der Waals surface area contributed by atoms with Gasteiger partial charge in [0.05, 0.1) is 6.54 Å². The Balaban J connectivity index is 0.00000364. The van der Waals surface area contributed by atoms with Crippen LogP contribution < -0.4 is 10.6 Å². The van der Waals surface area contributed by atoms with Crippen molar-refractivity contribution >= 4 is 41.3 Å². The number of aliphatic imine (C=N–C) groups is 1. The molecule has 0 spiro atoms. The normalized spacial score (nSPS) is 17.3. The van der Waals surface area contributed by atoms with E-state index in [9.17, 15) is 13.2 Å². The zero-order valence-electron chi connectivity index (χ0n) is 15.8. The summed E-state index contributed by atoms with van der Waals surface area (Å²) < 4.78 is 37.8. The van der Waals surface area contributed by atoms with E-state index in [4.69, 9.17) is 0 Å². The van der Waals surface area contributed by atoms with Crippen LogP contribution in [0.1, 0.15) is 43.8 Å². The quantitative estimate of drug-likeness (QED) is 0.326. The van der Waals surface area contributed by atoms with Crippen molar-refractivity contribution in [3.05, 3.63) is 16.1 Å². The Hall–Kier alpha value is -0.620. The first-order valence-electron chi connectivity index (χ1n) is 9.14. The van der Waals surface area contributed by atoms with Crippen molar-refractivity contribution in [1.29, 1.82) is 0 Å². The van der Waals surface area contributed by atoms with Gasteiger partial charge in [-0.25, -0.2) is 9.98 Å². The van der Waals surface area contributed by atoms with Gasteiger partial charge in [-0.2, -0.15) is 13.2 Å². The number of nitrogens with zero attached hydrogens (tertiary/aromatic N) is 3. The van der Waals surface area contributed by atoms with Gasteiger partial charge in [-0.05, 0) is 38.8 Å². The zero-order valence-corrected chi connectivity index (χ0v) is 19.0. The minimum atomic E-state index is -4.40. The summed E-state index contributed by atoms with van der Waals surface area (Å²) in [5.74, 6) is 1.08. The summed E-state index contributed by atoms with van der Waals surface area (Å²) in [5.41, 5.74) is -0.846. The van der Waals surface area contributed by atoms with E-state index >= 15 is 0 Å². The lowest BCUT2D eigenvalue weighted by Crippen LogP contribution is -2.42. The maximum atomic E-state index is 12.6. The van der Waals surface area contributed by atoms with Gasteiger partial charge in [-0.15, -0.1) is 35.3 Å². The van der Waals surface area contributed by atoms with E-state index in [1.807, 2.05) is 6.92 Å². The number of nitrogens with one attached hydrogen (secondary N) is 2. The van der Waals surface area contributed by atoms with Gasteiger partial charge in [0.15, 0.2) is 11.7 Å². The fourth-order valence-corrected chi connectivity index (χ4v) is 3.64. The van der Waals surface area contributed by atoms with E-state index in [1.54, 1.807) is 0 Å². The lowest BCUT2D eigenvalue weighted by atomic mass is 10.1. The highest BCUT2D eigenvalue weighted by atomic mass is 127. The fraction of sp³-hybridized carbons (Fsp3) is 0.765. The van der Waals surface area contributed by atoms with E-state index in [2.05, 4.69) is 32.4 Å². The number of hydrogen-bond donors (Lipinski definition) is 2. The van der Waals surface area contributed by atoms with Crippen LogP contribution in [0.3, 0.4) is 0 Å². The number of rotatable bonds is 7. The Kier molecular flexibility index (Phi) is 10.9. The summed E-state index contributed by atoms with van der Waals surface area (Å²) in [4.78, 5) is 10.5. The van der Waals surface area contributed by atoms with E-state index in [0.29, 0.717) is 23.4 Å². The van der Waals surface area contributed by atoms with Crippen molar-refractivity contribution in [2.75, 3.05) is 32.7 Å². The number of hydrogen-bond acceptors (Lipinski definition) is 4. The molecule has 2 rings (SSSR count). The standard InChI is InChI=1S/C17H28F3N5S.HI/c1-3-21-16(22-9-13(2)11-25-7-5-4-6-8-25)23-10-15-24-14(12-26-15)17(18,19)20;/h12-13H,3-11H2,1-2H3,(H2,21,22,23);1H. The molecule has 0 aromatic carbocycles. The van der Waals surface area contributed by atoms with Crippen LogP contribution in [0.15, 0.2) is 10.4 Å². The van der Waals surface area contributed by atoms with Crippen LogP contribution in [0.4, 0.5) is 13.2 Å². The number of aromatic nitrogens is 1. The molecule has 0 radical (unpaired) electrons. The lowest BCUT2D eigenvalue weighted by molar-refractivity contribution is -0.140. The van der Waals surface area contributed by atoms with Crippen molar-refractivity contribution in [2.24, 2.45) is 10.9 Å². The zero-order chi connectivity index (χ0) is 19.0. The van der Waals surface area contributed by atoms with Gasteiger partial charge in [-0.3, -0.25) is 0 Å². The predicted molar refractivity (Wildman–Crippen MR) is 115 cm³/mol. The summed E-state index contributed by atoms with van der Waals surface area (Å²) in [6.07, 6.45) is -0.520. The third kappa shape index (κ3) is 8.95. The first kappa shape index (κ1) is 24.4. The molecule has 1 aliphatic rings. The number of likely N-dealkylation sites (tertiary alicyclic amines) is 1. The van der Waals surface area contributed by atoms with Gasteiger partial charge in [0, 0.05) is 25.0 Å². The van der Waals surface area contributed by atoms with Crippen LogP contribution in [-0.2, 0) is 12.7 Å². The Bertz CT molecular complexity index is 573. The SMILES string of the molecule is CCNC(=NCc1nc(C(F)(F)F)cs1)NCC(C)CN1CCCCC1.I. The third-order valence-electron chi connectivity index (χ3n) is 4.20. The van der Waals surface area contributed by atoms with Crippen molar-refractivity contribution in [2.45, 2.75) is 45.8 Å². The van der Waals surface area contributed by atoms with Gasteiger partial charge in [0.1, 0.15) is 5.01 Å². The van der Waals surface area contributed by atoms with Gasteiger partial charge >= 0.3 is 6.18 Å². The molecule has 5 nitrogen and oxygen atoms in total. The fourth-order valence-electron chi connectivity index (χ4n) is 2.92. The highest BCUT2D eigenvalue weighted by Crippen LogP contribution is 2.30. The Labute approximate surface area is 180 Å². The number of thiazole rings is 1. The van der Waals surface area contributed by atoms with E-state index in [0.717, 1.165) is 29.8 Å². The Morgan fingerprint density at radius 2 is 2.00 bits per heavy atom. The monoisotopic (exact) mass is 519 g/mol. The molecule has 1 aromatic rings. The molecule has 1 aromatic heterocycles. The number of alkyl halides is 3. The molecule has 1 saturated heterocycles. The van der Waals surface area contributed by atoms with E-state index in [-0.39, 0.29) is 30.5 Å². The van der Waals surface area contributed by atoms with Gasteiger partial charge < -0.3 is 15.5 Å². The lowest BCUT2D eigenvalue weighted by Gasteiger charge is -2.29. The summed E-state index contributed by atoms with van der Waals surface area (Å²) in [5, 5.41) is 7.80. The predicted octanol–water partition coefficient (Wildman–Crippen LogP) is 3.96. The molecule has 1 fully saturated rings. The first-order chi connectivity index (χ1) is 12.4. The van der Waals surface area contributed by atoms with Gasteiger partial charge in [0.25, 0.3) is 0 Å². The smallest absolute Gasteiger partial charge is 0.357 e. The van der Waals surface area contributed by atoms with Crippen LogP contribution in [-0.4, -0.2) is 48.6 Å². The number of halogens is 4. The van der Waals surface area contributed by atoms with E-state index in [1.165, 1.54) is 32.4 Å². The van der Waals surface area contributed by atoms with Crippen LogP contribution in [0, 0.1) is 5.92 Å². The van der Waals surface area contributed by atoms with Gasteiger partial charge in [-0.1, -0.05) is 13.3 Å². The maximum absolute atomic E-state index is 12.6. The van der Waals surface area contributed by atoms with Gasteiger partial charge in [0.2, 0.25) is 0 Å². The maximum Gasteiger partial charge on any atom is 0.434 e. The molecule has 2 heterocycles. The van der Waals surface area contributed by atoms with Crippen molar-refractivity contribution in [3.63, 3.8) is 0 Å². The van der Waals surface area contributed by atoms with Crippen LogP contribution in [0.2, 0.25) is 0 Å². The average molecular weight is 519 g/mol. The second-order valence-corrected chi connectivity index (χ2v) is 7.61. The molecule has 0 saturated carbocycles. The topological polar surface area (TPSA) is 52.6 Å². The molecule has 27 heavy (non-hydrogen) atoms. The Morgan fingerprint density at radius 1 is 1.30 bits per heavy atom. The number of piperidine rings is 1. The van der Waals surface area contributed by atoms with Crippen molar-refractivity contribution < 1.29 is 13.2 Å². The first-order valence-corrected chi connectivity index (χ1v) is 10.0. The number of guanidine groups is 1. The summed E-state index contributed by atoms with van der Waals surface area (Å²) >= 11 is 0.984. The largest absolute Gasteiger partial charge is 0.434 e. The highest BCUT2D eigenvalue weighted by molar-refractivity contribution is 14.0. The highest BCUT2D eigenvalue weighted by Gasteiger charge is 2.33. The molecular formula is C17H29F3IN5S. The Morgan fingerprint density at radius 3 is 2.59 bits per heavy atom. The molecule has 1 aliphatic heterocycles. The minimum absolute atomic E-state index is 0. The second kappa shape index (κ2) is 12.1. The molecule has 2 N–H and O–H groups in total. The molecule has 0 aliphatic carbocycles. The third-order valence-corrected chi connectivity index (χ3v) is 5.03. The molecule has 156 valence electrons. The molecule has 0 amide bonds. The van der Waals surface area contributed by atoms with Crippen LogP contribution >= 0.6 is 35.3 Å². The second-order valence-electron chi connectivity index (χ2n) is 6.67. The molecule has 1 atom stereocenters. The summed E-state index contributed by atoms with van der Waals surface area (Å²) in [7, 11) is 0. The van der Waals surface area contributed by atoms with Crippen molar-refractivity contribution in [3.8, 4) is 0 Å².